The Kier molecular flexibility index (Phi) is 5.61. The molecule has 2 aromatic carbocycles. The van der Waals surface area contributed by atoms with Crippen molar-refractivity contribution in [3.63, 3.8) is 0 Å². The van der Waals surface area contributed by atoms with Gasteiger partial charge in [0.15, 0.2) is 0 Å². The van der Waals surface area contributed by atoms with Crippen molar-refractivity contribution in [2.24, 2.45) is 15.7 Å². The highest BCUT2D eigenvalue weighted by Gasteiger charge is 2.09. The van der Waals surface area contributed by atoms with E-state index in [1.165, 1.54) is 6.21 Å². The van der Waals surface area contributed by atoms with Gasteiger partial charge in [0.2, 0.25) is 5.96 Å². The molecule has 1 heterocycles. The molecule has 0 unspecified atom stereocenters. The molecule has 27 heavy (non-hydrogen) atoms. The molecule has 1 aromatic heterocycles. The summed E-state index contributed by atoms with van der Waals surface area (Å²) in [4.78, 5) is 13.2. The van der Waals surface area contributed by atoms with Crippen LogP contribution in [0, 0.1) is 19.3 Å². The second-order valence-corrected chi connectivity index (χ2v) is 7.14. The zero-order chi connectivity index (χ0) is 19.4. The van der Waals surface area contributed by atoms with Crippen LogP contribution in [0.5, 0.6) is 5.75 Å². The van der Waals surface area contributed by atoms with Crippen molar-refractivity contribution in [2.45, 2.75) is 20.4 Å². The summed E-state index contributed by atoms with van der Waals surface area (Å²) in [7, 11) is 1.63. The predicted molar refractivity (Wildman–Crippen MR) is 113 cm³/mol. The number of aryl methyl sites for hydroxylation is 2. The van der Waals surface area contributed by atoms with Crippen LogP contribution in [0.25, 0.3) is 10.2 Å². The molecule has 0 radical (unpaired) electrons. The van der Waals surface area contributed by atoms with E-state index in [0.717, 1.165) is 37.7 Å². The Labute approximate surface area is 162 Å². The second-order valence-electron chi connectivity index (χ2n) is 6.02. The summed E-state index contributed by atoms with van der Waals surface area (Å²) in [6.45, 7) is 4.32. The fourth-order valence-corrected chi connectivity index (χ4v) is 3.71. The summed E-state index contributed by atoms with van der Waals surface area (Å²) in [5.74, 6) is 0.907. The maximum Gasteiger partial charge on any atom is 0.216 e. The molecule has 0 bridgehead atoms. The quantitative estimate of drug-likeness (QED) is 0.520. The Hall–Kier alpha value is -3.06. The number of rotatable bonds is 5. The van der Waals surface area contributed by atoms with Gasteiger partial charge >= 0.3 is 0 Å². The number of guanidine groups is 1. The van der Waals surface area contributed by atoms with Crippen LogP contribution in [0.3, 0.4) is 0 Å². The van der Waals surface area contributed by atoms with Gasteiger partial charge in [-0.2, -0.15) is 0 Å². The Morgan fingerprint density at radius 3 is 2.67 bits per heavy atom. The van der Waals surface area contributed by atoms with Crippen LogP contribution in [0.1, 0.15) is 21.7 Å². The Balaban J connectivity index is 1.84. The van der Waals surface area contributed by atoms with Crippen molar-refractivity contribution in [3.05, 3.63) is 58.1 Å². The van der Waals surface area contributed by atoms with Crippen LogP contribution in [0.15, 0.2) is 46.4 Å². The lowest BCUT2D eigenvalue weighted by atomic mass is 9.99. The summed E-state index contributed by atoms with van der Waals surface area (Å²) >= 11 is 1.56. The number of methoxy groups -OCH3 is 1. The van der Waals surface area contributed by atoms with Crippen LogP contribution in [0.2, 0.25) is 0 Å². The maximum atomic E-state index is 7.70. The molecule has 0 fully saturated rings. The number of hydrogen-bond acceptors (Lipinski definition) is 5. The van der Waals surface area contributed by atoms with Gasteiger partial charge in [0, 0.05) is 17.8 Å². The summed E-state index contributed by atoms with van der Waals surface area (Å²) in [6.07, 6.45) is 1.21. The third-order valence-corrected chi connectivity index (χ3v) is 5.15. The molecule has 3 aromatic rings. The third kappa shape index (κ3) is 4.20. The molecule has 0 spiro atoms. The number of fused-ring (bicyclic) bond motifs is 1. The van der Waals surface area contributed by atoms with E-state index in [0.29, 0.717) is 12.3 Å². The Morgan fingerprint density at radius 2 is 2.00 bits per heavy atom. The van der Waals surface area contributed by atoms with Crippen LogP contribution >= 0.6 is 11.3 Å². The van der Waals surface area contributed by atoms with E-state index >= 15 is 0 Å². The van der Waals surface area contributed by atoms with Crippen molar-refractivity contribution >= 4 is 39.4 Å². The average molecular weight is 379 g/mol. The van der Waals surface area contributed by atoms with Crippen molar-refractivity contribution in [3.8, 4) is 5.75 Å². The highest BCUT2D eigenvalue weighted by molar-refractivity contribution is 7.18. The van der Waals surface area contributed by atoms with Gasteiger partial charge in [0.1, 0.15) is 10.8 Å². The van der Waals surface area contributed by atoms with Gasteiger partial charge in [-0.25, -0.2) is 15.0 Å². The first-order chi connectivity index (χ1) is 13.0. The fourth-order valence-electron chi connectivity index (χ4n) is 2.84. The van der Waals surface area contributed by atoms with E-state index < -0.39 is 0 Å². The molecule has 3 N–H and O–H groups in total. The normalized spacial score (nSPS) is 12.4. The lowest BCUT2D eigenvalue weighted by molar-refractivity contribution is 0.415. The van der Waals surface area contributed by atoms with E-state index in [-0.39, 0.29) is 5.96 Å². The highest BCUT2D eigenvalue weighted by atomic mass is 32.1. The zero-order valence-electron chi connectivity index (χ0n) is 15.5. The lowest BCUT2D eigenvalue weighted by Gasteiger charge is -2.08. The SMILES string of the molecule is COc1ccc2sc(CN=C(N)/N=C(\C=N)c3c(C)cccc3C)nc2c1. The van der Waals surface area contributed by atoms with Gasteiger partial charge in [-0.15, -0.1) is 11.3 Å². The second kappa shape index (κ2) is 8.09. The number of aliphatic imine (C=N–C) groups is 2. The monoisotopic (exact) mass is 379 g/mol. The minimum Gasteiger partial charge on any atom is -0.497 e. The van der Waals surface area contributed by atoms with Gasteiger partial charge in [0.25, 0.3) is 0 Å². The standard InChI is InChI=1S/C20H21N5OS/c1-12-5-4-6-13(2)19(12)16(10-21)25-20(22)23-11-18-24-15-9-14(26-3)7-8-17(15)27-18/h4-10,21H,11H2,1-3H3,(H2,22,23)/b21-10?,25-16+. The Bertz CT molecular complexity index is 1030. The zero-order valence-corrected chi connectivity index (χ0v) is 16.3. The largest absolute Gasteiger partial charge is 0.497 e. The molecular weight excluding hydrogens is 358 g/mol. The molecule has 0 aliphatic heterocycles. The van der Waals surface area contributed by atoms with Gasteiger partial charge in [-0.3, -0.25) is 0 Å². The molecule has 0 aliphatic carbocycles. The molecule has 0 saturated heterocycles. The van der Waals surface area contributed by atoms with Crippen LogP contribution in [-0.4, -0.2) is 30.0 Å². The topological polar surface area (TPSA) is 96.7 Å². The smallest absolute Gasteiger partial charge is 0.216 e. The minimum absolute atomic E-state index is 0.132. The first-order valence-corrected chi connectivity index (χ1v) is 9.22. The molecule has 6 nitrogen and oxygen atoms in total. The van der Waals surface area contributed by atoms with E-state index in [4.69, 9.17) is 15.9 Å². The van der Waals surface area contributed by atoms with E-state index in [2.05, 4.69) is 15.0 Å². The molecule has 0 amide bonds. The van der Waals surface area contributed by atoms with Crippen LogP contribution < -0.4 is 10.5 Å². The van der Waals surface area contributed by atoms with E-state index in [1.54, 1.807) is 18.4 Å². The fraction of sp³-hybridized carbons (Fsp3) is 0.200. The van der Waals surface area contributed by atoms with Crippen molar-refractivity contribution in [1.82, 2.24) is 4.98 Å². The molecular formula is C20H21N5OS. The van der Waals surface area contributed by atoms with Crippen molar-refractivity contribution < 1.29 is 4.74 Å². The molecule has 3 rings (SSSR count). The first-order valence-electron chi connectivity index (χ1n) is 8.41. The summed E-state index contributed by atoms with van der Waals surface area (Å²) in [6, 6.07) is 11.7. The maximum absolute atomic E-state index is 7.70. The van der Waals surface area contributed by atoms with Crippen molar-refractivity contribution in [1.29, 1.82) is 5.41 Å². The number of benzene rings is 2. The number of nitrogens with zero attached hydrogens (tertiary/aromatic N) is 3. The minimum atomic E-state index is 0.132. The van der Waals surface area contributed by atoms with E-state index in [1.807, 2.05) is 50.2 Å². The van der Waals surface area contributed by atoms with Gasteiger partial charge < -0.3 is 15.9 Å². The summed E-state index contributed by atoms with van der Waals surface area (Å²) < 4.78 is 6.29. The number of hydrogen-bond donors (Lipinski definition) is 2. The first kappa shape index (κ1) is 18.7. The molecule has 7 heteroatoms. The van der Waals surface area contributed by atoms with Gasteiger partial charge in [-0.1, -0.05) is 18.2 Å². The average Bonchev–Trinajstić information content (AvgIpc) is 3.07. The summed E-state index contributed by atoms with van der Waals surface area (Å²) in [5, 5.41) is 8.55. The van der Waals surface area contributed by atoms with Crippen LogP contribution in [-0.2, 0) is 6.54 Å². The number of aromatic nitrogens is 1. The highest BCUT2D eigenvalue weighted by Crippen LogP contribution is 2.26. The number of thiazole rings is 1. The molecule has 0 atom stereocenters. The molecule has 138 valence electrons. The predicted octanol–water partition coefficient (Wildman–Crippen LogP) is 3.88. The van der Waals surface area contributed by atoms with Crippen molar-refractivity contribution in [2.75, 3.05) is 7.11 Å². The third-order valence-electron chi connectivity index (χ3n) is 4.12. The van der Waals surface area contributed by atoms with E-state index in [9.17, 15) is 0 Å². The lowest BCUT2D eigenvalue weighted by Crippen LogP contribution is -2.16. The molecule has 0 saturated carbocycles. The summed E-state index contributed by atoms with van der Waals surface area (Å²) in [5.41, 5.74) is 10.4. The number of nitrogens with one attached hydrogen (secondary N) is 1. The molecule has 0 aliphatic rings. The van der Waals surface area contributed by atoms with Crippen LogP contribution in [0.4, 0.5) is 0 Å². The Morgan fingerprint density at radius 1 is 1.26 bits per heavy atom. The number of ether oxygens (including phenoxy) is 1. The van der Waals surface area contributed by atoms with Gasteiger partial charge in [0.05, 0.1) is 29.6 Å². The number of nitrogens with two attached hydrogens (primary N) is 1. The van der Waals surface area contributed by atoms with Gasteiger partial charge in [-0.05, 0) is 37.1 Å².